The fourth-order valence-electron chi connectivity index (χ4n) is 2.30. The zero-order valence-corrected chi connectivity index (χ0v) is 11.8. The number of carbonyl (C=O) groups excluding carboxylic acids is 1. The van der Waals surface area contributed by atoms with Gasteiger partial charge in [0.1, 0.15) is 0 Å². The molecule has 20 heavy (non-hydrogen) atoms. The lowest BCUT2D eigenvalue weighted by molar-refractivity contribution is -0.140. The Morgan fingerprint density at radius 2 is 1.90 bits per heavy atom. The first-order chi connectivity index (χ1) is 9.49. The molecule has 0 radical (unpaired) electrons. The summed E-state index contributed by atoms with van der Waals surface area (Å²) >= 11 is 0. The molecule has 1 saturated carbocycles. The highest BCUT2D eigenvalue weighted by Crippen LogP contribution is 2.38. The molecule has 1 aliphatic rings. The van der Waals surface area contributed by atoms with Crippen LogP contribution in [-0.4, -0.2) is 36.0 Å². The van der Waals surface area contributed by atoms with E-state index < -0.39 is 11.9 Å². The third-order valence-corrected chi connectivity index (χ3v) is 3.50. The molecule has 1 aromatic rings. The Labute approximate surface area is 118 Å². The summed E-state index contributed by atoms with van der Waals surface area (Å²) in [5.41, 5.74) is 2.24. The first kappa shape index (κ1) is 14.5. The molecule has 0 aliphatic heterocycles. The monoisotopic (exact) mass is 276 g/mol. The molecule has 0 saturated heterocycles. The number of amides is 1. The van der Waals surface area contributed by atoms with Crippen molar-refractivity contribution in [1.82, 2.24) is 10.2 Å². The summed E-state index contributed by atoms with van der Waals surface area (Å²) < 4.78 is 0. The van der Waals surface area contributed by atoms with Gasteiger partial charge < -0.3 is 15.3 Å². The van der Waals surface area contributed by atoms with Crippen LogP contribution in [0.25, 0.3) is 0 Å². The van der Waals surface area contributed by atoms with Gasteiger partial charge in [0.05, 0.1) is 11.8 Å². The lowest BCUT2D eigenvalue weighted by Gasteiger charge is -2.14. The summed E-state index contributed by atoms with van der Waals surface area (Å²) in [5.74, 6) is -1.88. The van der Waals surface area contributed by atoms with E-state index in [9.17, 15) is 9.59 Å². The number of carboxylic acid groups (broad SMARTS) is 1. The summed E-state index contributed by atoms with van der Waals surface area (Å²) in [6, 6.07) is 7.95. The summed E-state index contributed by atoms with van der Waals surface area (Å²) in [5, 5.41) is 11.7. The Morgan fingerprint density at radius 3 is 2.45 bits per heavy atom. The predicted molar refractivity (Wildman–Crippen MR) is 74.9 cm³/mol. The largest absolute Gasteiger partial charge is 0.481 e. The number of nitrogens with zero attached hydrogens (tertiary/aromatic N) is 1. The molecule has 1 fully saturated rings. The Kier molecular flexibility index (Phi) is 4.39. The number of carboxylic acids is 1. The van der Waals surface area contributed by atoms with Crippen LogP contribution in [0.4, 0.5) is 0 Å². The van der Waals surface area contributed by atoms with Crippen molar-refractivity contribution in [3.8, 4) is 0 Å². The lowest BCUT2D eigenvalue weighted by Crippen LogP contribution is -2.26. The average molecular weight is 276 g/mol. The zero-order chi connectivity index (χ0) is 14.7. The van der Waals surface area contributed by atoms with Gasteiger partial charge in [-0.2, -0.15) is 0 Å². The van der Waals surface area contributed by atoms with Crippen LogP contribution in [0, 0.1) is 11.8 Å². The minimum absolute atomic E-state index is 0.156. The number of benzene rings is 1. The smallest absolute Gasteiger partial charge is 0.307 e. The third-order valence-electron chi connectivity index (χ3n) is 3.50. The number of hydrogen-bond donors (Lipinski definition) is 2. The van der Waals surface area contributed by atoms with E-state index in [2.05, 4.69) is 10.2 Å². The standard InChI is InChI=1S/C15H20N2O3/c1-17(2)9-11-6-4-3-5-10(11)8-16-14(18)12-7-13(12)15(19)20/h3-6,12-13H,7-9H2,1-2H3,(H,16,18)(H,19,20). The zero-order valence-electron chi connectivity index (χ0n) is 11.8. The molecule has 1 aromatic carbocycles. The Bertz CT molecular complexity index is 514. The Balaban J connectivity index is 1.91. The minimum Gasteiger partial charge on any atom is -0.481 e. The van der Waals surface area contributed by atoms with E-state index in [0.717, 1.165) is 12.1 Å². The van der Waals surface area contributed by atoms with Gasteiger partial charge in [0.25, 0.3) is 0 Å². The van der Waals surface area contributed by atoms with Gasteiger partial charge in [0.2, 0.25) is 5.91 Å². The number of nitrogens with one attached hydrogen (secondary N) is 1. The second-order valence-corrected chi connectivity index (χ2v) is 5.51. The third kappa shape index (κ3) is 3.57. The number of aliphatic carboxylic acids is 1. The van der Waals surface area contributed by atoms with Crippen LogP contribution < -0.4 is 5.32 Å². The molecular formula is C15H20N2O3. The molecule has 0 spiro atoms. The van der Waals surface area contributed by atoms with Crippen LogP contribution in [-0.2, 0) is 22.7 Å². The topological polar surface area (TPSA) is 69.6 Å². The second-order valence-electron chi connectivity index (χ2n) is 5.51. The molecule has 5 heteroatoms. The number of rotatable bonds is 6. The summed E-state index contributed by atoms with van der Waals surface area (Å²) in [6.45, 7) is 1.26. The summed E-state index contributed by atoms with van der Waals surface area (Å²) in [4.78, 5) is 24.7. The van der Waals surface area contributed by atoms with Crippen molar-refractivity contribution < 1.29 is 14.7 Å². The predicted octanol–water partition coefficient (Wildman–Crippen LogP) is 1.09. The van der Waals surface area contributed by atoms with E-state index in [4.69, 9.17) is 5.11 Å². The van der Waals surface area contributed by atoms with Crippen molar-refractivity contribution in [2.45, 2.75) is 19.5 Å². The molecule has 0 bridgehead atoms. The van der Waals surface area contributed by atoms with Gasteiger partial charge in [-0.25, -0.2) is 0 Å². The maximum absolute atomic E-state index is 11.8. The van der Waals surface area contributed by atoms with Gasteiger partial charge in [-0.05, 0) is 31.6 Å². The number of hydrogen-bond acceptors (Lipinski definition) is 3. The maximum atomic E-state index is 11.8. The van der Waals surface area contributed by atoms with Gasteiger partial charge in [0.15, 0.2) is 0 Å². The normalized spacial score (nSPS) is 20.8. The van der Waals surface area contributed by atoms with Gasteiger partial charge in [0, 0.05) is 13.1 Å². The van der Waals surface area contributed by atoms with Crippen LogP contribution in [0.2, 0.25) is 0 Å². The molecule has 2 unspecified atom stereocenters. The van der Waals surface area contributed by atoms with Crippen molar-refractivity contribution in [1.29, 1.82) is 0 Å². The van der Waals surface area contributed by atoms with Crippen molar-refractivity contribution in [2.75, 3.05) is 14.1 Å². The van der Waals surface area contributed by atoms with Crippen LogP contribution in [0.3, 0.4) is 0 Å². The molecule has 1 amide bonds. The lowest BCUT2D eigenvalue weighted by atomic mass is 10.1. The molecule has 2 rings (SSSR count). The summed E-state index contributed by atoms with van der Waals surface area (Å²) in [7, 11) is 3.99. The van der Waals surface area contributed by atoms with Gasteiger partial charge in [-0.15, -0.1) is 0 Å². The highest BCUT2D eigenvalue weighted by molar-refractivity contribution is 5.89. The van der Waals surface area contributed by atoms with E-state index in [1.165, 1.54) is 5.56 Å². The first-order valence-corrected chi connectivity index (χ1v) is 6.71. The molecule has 2 N–H and O–H groups in total. The van der Waals surface area contributed by atoms with Crippen molar-refractivity contribution in [3.63, 3.8) is 0 Å². The van der Waals surface area contributed by atoms with Gasteiger partial charge in [-0.3, -0.25) is 9.59 Å². The molecule has 0 heterocycles. The molecule has 1 aliphatic carbocycles. The van der Waals surface area contributed by atoms with E-state index in [0.29, 0.717) is 13.0 Å². The molecule has 2 atom stereocenters. The van der Waals surface area contributed by atoms with Crippen molar-refractivity contribution >= 4 is 11.9 Å². The van der Waals surface area contributed by atoms with Gasteiger partial charge >= 0.3 is 5.97 Å². The van der Waals surface area contributed by atoms with Crippen LogP contribution in [0.1, 0.15) is 17.5 Å². The Hall–Kier alpha value is -1.88. The van der Waals surface area contributed by atoms with Gasteiger partial charge in [-0.1, -0.05) is 24.3 Å². The van der Waals surface area contributed by atoms with Crippen LogP contribution in [0.15, 0.2) is 24.3 Å². The second kappa shape index (κ2) is 6.05. The highest BCUT2D eigenvalue weighted by Gasteiger charge is 2.48. The molecular weight excluding hydrogens is 256 g/mol. The molecule has 5 nitrogen and oxygen atoms in total. The van der Waals surface area contributed by atoms with Crippen LogP contribution >= 0.6 is 0 Å². The van der Waals surface area contributed by atoms with E-state index in [1.807, 2.05) is 38.4 Å². The first-order valence-electron chi connectivity index (χ1n) is 6.71. The molecule has 0 aromatic heterocycles. The number of carbonyl (C=O) groups is 2. The molecule has 108 valence electrons. The van der Waals surface area contributed by atoms with Crippen molar-refractivity contribution in [3.05, 3.63) is 35.4 Å². The van der Waals surface area contributed by atoms with E-state index in [-0.39, 0.29) is 11.8 Å². The quantitative estimate of drug-likeness (QED) is 0.816. The maximum Gasteiger partial charge on any atom is 0.307 e. The fraction of sp³-hybridized carbons (Fsp3) is 0.467. The van der Waals surface area contributed by atoms with E-state index in [1.54, 1.807) is 0 Å². The average Bonchev–Trinajstić information content (AvgIpc) is 3.17. The highest BCUT2D eigenvalue weighted by atomic mass is 16.4. The summed E-state index contributed by atoms with van der Waals surface area (Å²) in [6.07, 6.45) is 0.459. The van der Waals surface area contributed by atoms with Crippen LogP contribution in [0.5, 0.6) is 0 Å². The van der Waals surface area contributed by atoms with Crippen molar-refractivity contribution in [2.24, 2.45) is 11.8 Å². The SMILES string of the molecule is CN(C)Cc1ccccc1CNC(=O)C1CC1C(=O)O. The fourth-order valence-corrected chi connectivity index (χ4v) is 2.30. The van der Waals surface area contributed by atoms with E-state index >= 15 is 0 Å². The minimum atomic E-state index is -0.877. The Morgan fingerprint density at radius 1 is 1.25 bits per heavy atom.